The van der Waals surface area contributed by atoms with E-state index in [4.69, 9.17) is 4.74 Å². The smallest absolute Gasteiger partial charge is 0.225 e. The largest absolute Gasteiger partial charge is 0.504 e. The van der Waals surface area contributed by atoms with Crippen LogP contribution in [0.15, 0.2) is 47.8 Å². The number of carbonyl (C=O) groups excluding carboxylic acids is 1. The predicted octanol–water partition coefficient (Wildman–Crippen LogP) is 4.74. The molecule has 0 unspecified atom stereocenters. The Morgan fingerprint density at radius 3 is 2.85 bits per heavy atom. The number of rotatable bonds is 3. The number of thiophene rings is 1. The molecule has 1 aromatic heterocycles. The average molecular weight is 369 g/mol. The van der Waals surface area contributed by atoms with Gasteiger partial charge in [0.05, 0.1) is 12.8 Å². The highest BCUT2D eigenvalue weighted by Gasteiger charge is 2.31. The fraction of sp³-hybridized carbons (Fsp3) is 0.150. The highest BCUT2D eigenvalue weighted by Crippen LogP contribution is 2.47. The van der Waals surface area contributed by atoms with Crippen molar-refractivity contribution in [3.05, 3.63) is 64.1 Å². The van der Waals surface area contributed by atoms with E-state index in [9.17, 15) is 14.3 Å². The van der Waals surface area contributed by atoms with E-state index in [-0.39, 0.29) is 23.4 Å². The van der Waals surface area contributed by atoms with E-state index < -0.39 is 0 Å². The van der Waals surface area contributed by atoms with E-state index in [1.165, 1.54) is 30.6 Å². The number of phenols is 1. The van der Waals surface area contributed by atoms with E-state index in [1.807, 2.05) is 17.5 Å². The summed E-state index contributed by atoms with van der Waals surface area (Å²) in [7, 11) is 1.49. The molecule has 1 aliphatic heterocycles. The maximum absolute atomic E-state index is 13.6. The monoisotopic (exact) mass is 369 g/mol. The lowest BCUT2D eigenvalue weighted by Crippen LogP contribution is -2.22. The van der Waals surface area contributed by atoms with Gasteiger partial charge in [-0.1, -0.05) is 18.2 Å². The molecule has 0 saturated carbocycles. The fourth-order valence-electron chi connectivity index (χ4n) is 3.29. The number of ether oxygens (including phenoxy) is 1. The van der Waals surface area contributed by atoms with Crippen molar-refractivity contribution in [1.29, 1.82) is 0 Å². The highest BCUT2D eigenvalue weighted by atomic mass is 32.1. The van der Waals surface area contributed by atoms with E-state index in [0.29, 0.717) is 12.2 Å². The number of halogens is 1. The SMILES string of the molecule is COc1ccc([C@H]2CC(=O)Nc3c(-c4cccc(F)c4)csc32)cc1O. The van der Waals surface area contributed by atoms with Crippen molar-refractivity contribution < 1.29 is 19.0 Å². The minimum Gasteiger partial charge on any atom is -0.504 e. The number of carbonyl (C=O) groups is 1. The van der Waals surface area contributed by atoms with Gasteiger partial charge in [-0.3, -0.25) is 4.79 Å². The number of phenolic OH excluding ortho intramolecular Hbond substituents is 1. The fourth-order valence-corrected chi connectivity index (χ4v) is 4.45. The summed E-state index contributed by atoms with van der Waals surface area (Å²) in [6.07, 6.45) is 0.294. The number of hydrogen-bond acceptors (Lipinski definition) is 4. The summed E-state index contributed by atoms with van der Waals surface area (Å²) in [6, 6.07) is 11.5. The number of anilines is 1. The van der Waals surface area contributed by atoms with Gasteiger partial charge in [-0.25, -0.2) is 4.39 Å². The second-order valence-electron chi connectivity index (χ2n) is 6.14. The van der Waals surface area contributed by atoms with E-state index in [1.54, 1.807) is 18.2 Å². The van der Waals surface area contributed by atoms with Crippen molar-refractivity contribution in [3.63, 3.8) is 0 Å². The molecule has 1 aliphatic rings. The molecule has 0 saturated heterocycles. The van der Waals surface area contributed by atoms with E-state index in [0.717, 1.165) is 27.3 Å². The van der Waals surface area contributed by atoms with E-state index >= 15 is 0 Å². The average Bonchev–Trinajstić information content (AvgIpc) is 3.04. The van der Waals surface area contributed by atoms with Crippen molar-refractivity contribution in [1.82, 2.24) is 0 Å². The van der Waals surface area contributed by atoms with Crippen molar-refractivity contribution in [2.75, 3.05) is 12.4 Å². The minimum absolute atomic E-state index is 0.0411. The second-order valence-corrected chi connectivity index (χ2v) is 7.05. The molecule has 2 aromatic carbocycles. The molecule has 6 heteroatoms. The van der Waals surface area contributed by atoms with Crippen LogP contribution in [0.3, 0.4) is 0 Å². The zero-order chi connectivity index (χ0) is 18.3. The minimum atomic E-state index is -0.318. The summed E-state index contributed by atoms with van der Waals surface area (Å²) >= 11 is 1.52. The molecule has 132 valence electrons. The van der Waals surface area contributed by atoms with Crippen LogP contribution in [0.25, 0.3) is 11.1 Å². The Morgan fingerprint density at radius 2 is 2.12 bits per heavy atom. The third kappa shape index (κ3) is 2.82. The Kier molecular flexibility index (Phi) is 4.12. The summed E-state index contributed by atoms with van der Waals surface area (Å²) in [5, 5.41) is 14.9. The predicted molar refractivity (Wildman–Crippen MR) is 99.5 cm³/mol. The number of amides is 1. The number of hydrogen-bond donors (Lipinski definition) is 2. The summed E-state index contributed by atoms with van der Waals surface area (Å²) in [6.45, 7) is 0. The van der Waals surface area contributed by atoms with Crippen LogP contribution >= 0.6 is 11.3 Å². The maximum atomic E-state index is 13.6. The van der Waals surface area contributed by atoms with E-state index in [2.05, 4.69) is 5.32 Å². The lowest BCUT2D eigenvalue weighted by molar-refractivity contribution is -0.116. The van der Waals surface area contributed by atoms with Gasteiger partial charge in [0.25, 0.3) is 0 Å². The molecule has 0 spiro atoms. The molecule has 0 bridgehead atoms. The highest BCUT2D eigenvalue weighted by molar-refractivity contribution is 7.11. The van der Waals surface area contributed by atoms with Gasteiger partial charge in [0.1, 0.15) is 5.82 Å². The number of aromatic hydroxyl groups is 1. The molecule has 1 atom stereocenters. The van der Waals surface area contributed by atoms with Gasteiger partial charge in [0, 0.05) is 28.2 Å². The molecule has 0 fully saturated rings. The van der Waals surface area contributed by atoms with Crippen LogP contribution in [0.2, 0.25) is 0 Å². The molecule has 2 heterocycles. The van der Waals surface area contributed by atoms with Crippen LogP contribution in [-0.2, 0) is 4.79 Å². The summed E-state index contributed by atoms with van der Waals surface area (Å²) in [5.41, 5.74) is 3.09. The zero-order valence-electron chi connectivity index (χ0n) is 14.0. The summed E-state index contributed by atoms with van der Waals surface area (Å²) in [4.78, 5) is 13.3. The van der Waals surface area contributed by atoms with Crippen LogP contribution in [0.5, 0.6) is 11.5 Å². The Bertz CT molecular complexity index is 998. The number of methoxy groups -OCH3 is 1. The van der Waals surface area contributed by atoms with Gasteiger partial charge >= 0.3 is 0 Å². The Labute approximate surface area is 153 Å². The first-order chi connectivity index (χ1) is 12.6. The van der Waals surface area contributed by atoms with Crippen molar-refractivity contribution >= 4 is 22.9 Å². The molecule has 4 nitrogen and oxygen atoms in total. The Morgan fingerprint density at radius 1 is 1.27 bits per heavy atom. The normalized spacial score (nSPS) is 16.1. The first kappa shape index (κ1) is 16.6. The lowest BCUT2D eigenvalue weighted by atomic mass is 9.89. The molecule has 0 aliphatic carbocycles. The maximum Gasteiger partial charge on any atom is 0.225 e. The van der Waals surface area contributed by atoms with Crippen LogP contribution < -0.4 is 10.1 Å². The first-order valence-corrected chi connectivity index (χ1v) is 8.99. The van der Waals surface area contributed by atoms with Gasteiger partial charge in [0.15, 0.2) is 11.5 Å². The number of benzene rings is 2. The van der Waals surface area contributed by atoms with Crippen molar-refractivity contribution in [3.8, 4) is 22.6 Å². The third-order valence-electron chi connectivity index (χ3n) is 4.53. The standard InChI is InChI=1S/C20H16FNO3S/c1-25-17-6-5-12(8-16(17)23)14-9-18(24)22-19-15(10-26-20(14)19)11-3-2-4-13(21)7-11/h2-8,10,14,23H,9H2,1H3,(H,22,24)/t14-/m1/s1. The summed E-state index contributed by atoms with van der Waals surface area (Å²) in [5.74, 6) is -0.154. The van der Waals surface area contributed by atoms with Crippen molar-refractivity contribution in [2.45, 2.75) is 12.3 Å². The van der Waals surface area contributed by atoms with Gasteiger partial charge in [-0.15, -0.1) is 11.3 Å². The number of nitrogens with one attached hydrogen (secondary N) is 1. The molecule has 26 heavy (non-hydrogen) atoms. The quantitative estimate of drug-likeness (QED) is 0.701. The zero-order valence-corrected chi connectivity index (χ0v) is 14.8. The molecule has 0 radical (unpaired) electrons. The lowest BCUT2D eigenvalue weighted by Gasteiger charge is -2.24. The second kappa shape index (κ2) is 6.46. The molecule has 3 aromatic rings. The van der Waals surface area contributed by atoms with Crippen LogP contribution in [0.4, 0.5) is 10.1 Å². The Balaban J connectivity index is 1.80. The summed E-state index contributed by atoms with van der Waals surface area (Å²) < 4.78 is 18.7. The van der Waals surface area contributed by atoms with Crippen LogP contribution in [0, 0.1) is 5.82 Å². The molecule has 2 N–H and O–H groups in total. The molecule has 4 rings (SSSR count). The molecular formula is C20H16FNO3S. The first-order valence-electron chi connectivity index (χ1n) is 8.11. The van der Waals surface area contributed by atoms with Gasteiger partial charge in [-0.2, -0.15) is 0 Å². The Hall–Kier alpha value is -2.86. The van der Waals surface area contributed by atoms with Gasteiger partial charge < -0.3 is 15.2 Å². The number of fused-ring (bicyclic) bond motifs is 1. The van der Waals surface area contributed by atoms with Crippen molar-refractivity contribution in [2.24, 2.45) is 0 Å². The van der Waals surface area contributed by atoms with Gasteiger partial charge in [-0.05, 0) is 35.4 Å². The van der Waals surface area contributed by atoms with Crippen LogP contribution in [-0.4, -0.2) is 18.1 Å². The topological polar surface area (TPSA) is 58.6 Å². The third-order valence-corrected chi connectivity index (χ3v) is 5.63. The molecular weight excluding hydrogens is 353 g/mol. The molecule has 1 amide bonds. The van der Waals surface area contributed by atoms with Gasteiger partial charge in [0.2, 0.25) is 5.91 Å². The van der Waals surface area contributed by atoms with Crippen LogP contribution in [0.1, 0.15) is 22.8 Å².